The van der Waals surface area contributed by atoms with Gasteiger partial charge >= 0.3 is 0 Å². The van der Waals surface area contributed by atoms with Crippen LogP contribution in [0.25, 0.3) is 0 Å². The van der Waals surface area contributed by atoms with Gasteiger partial charge in [-0.25, -0.2) is 0 Å². The molecule has 1 saturated carbocycles. The van der Waals surface area contributed by atoms with E-state index in [-0.39, 0.29) is 16.8 Å². The van der Waals surface area contributed by atoms with Gasteiger partial charge in [-0.15, -0.1) is 0 Å². The molecule has 0 unspecified atom stereocenters. The number of carbonyl (C=O) groups is 1. The topological polar surface area (TPSA) is 60.2 Å². The van der Waals surface area contributed by atoms with Crippen LogP contribution in [-0.2, 0) is 4.79 Å². The van der Waals surface area contributed by atoms with Crippen LogP contribution in [0.2, 0.25) is 0 Å². The molecule has 11 heavy (non-hydrogen) atoms. The van der Waals surface area contributed by atoms with Gasteiger partial charge in [-0.05, 0) is 6.42 Å². The van der Waals surface area contributed by atoms with Crippen LogP contribution in [0.1, 0.15) is 19.8 Å². The molecule has 0 radical (unpaired) electrons. The average molecular weight is 157 g/mol. The van der Waals surface area contributed by atoms with Crippen LogP contribution in [0.5, 0.6) is 0 Å². The van der Waals surface area contributed by atoms with Crippen molar-refractivity contribution in [2.24, 2.45) is 11.8 Å². The third kappa shape index (κ3) is 1.39. The highest BCUT2D eigenvalue weighted by atomic mass is 16.6. The first-order valence-corrected chi connectivity index (χ1v) is 3.81. The molecular weight excluding hydrogens is 146 g/mol. The van der Waals surface area contributed by atoms with Crippen molar-refractivity contribution in [3.8, 4) is 0 Å². The molecule has 0 bridgehead atoms. The minimum Gasteiger partial charge on any atom is -0.303 e. The Hall–Kier alpha value is -0.930. The largest absolute Gasteiger partial charge is 0.303 e. The smallest absolute Gasteiger partial charge is 0.226 e. The van der Waals surface area contributed by atoms with Crippen molar-refractivity contribution in [1.82, 2.24) is 0 Å². The zero-order chi connectivity index (χ0) is 8.43. The standard InChI is InChI=1S/C7H11NO3/c1-2-3-5-6(4-9)7(5)8(10)11/h4-7H,2-3H2,1H3/t5-,6+,7+/m1/s1. The van der Waals surface area contributed by atoms with Crippen LogP contribution in [0.15, 0.2) is 0 Å². The van der Waals surface area contributed by atoms with E-state index in [1.54, 1.807) is 0 Å². The molecule has 0 aromatic carbocycles. The maximum Gasteiger partial charge on any atom is 0.226 e. The van der Waals surface area contributed by atoms with E-state index in [0.717, 1.165) is 12.8 Å². The molecular formula is C7H11NO3. The van der Waals surface area contributed by atoms with E-state index in [1.165, 1.54) is 0 Å². The molecule has 1 aliphatic rings. The molecule has 0 aromatic rings. The summed E-state index contributed by atoms with van der Waals surface area (Å²) in [5, 5.41) is 10.3. The minimum atomic E-state index is -0.576. The lowest BCUT2D eigenvalue weighted by Gasteiger charge is -1.87. The monoisotopic (exact) mass is 157 g/mol. The molecule has 1 rings (SSSR count). The van der Waals surface area contributed by atoms with E-state index in [2.05, 4.69) is 0 Å². The Bertz CT molecular complexity index is 181. The van der Waals surface area contributed by atoms with E-state index in [4.69, 9.17) is 0 Å². The summed E-state index contributed by atoms with van der Waals surface area (Å²) in [7, 11) is 0. The fourth-order valence-electron chi connectivity index (χ4n) is 1.56. The lowest BCUT2D eigenvalue weighted by Crippen LogP contribution is -2.05. The molecule has 0 amide bonds. The highest BCUT2D eigenvalue weighted by Gasteiger charge is 2.59. The van der Waals surface area contributed by atoms with Crippen LogP contribution >= 0.6 is 0 Å². The summed E-state index contributed by atoms with van der Waals surface area (Å²) in [6, 6.07) is -0.576. The maximum atomic E-state index is 10.3. The van der Waals surface area contributed by atoms with Crippen LogP contribution < -0.4 is 0 Å². The average Bonchev–Trinajstić information content (AvgIpc) is 2.63. The highest BCUT2D eigenvalue weighted by molar-refractivity contribution is 5.60. The van der Waals surface area contributed by atoms with Gasteiger partial charge in [0.05, 0.1) is 5.92 Å². The second kappa shape index (κ2) is 2.98. The summed E-state index contributed by atoms with van der Waals surface area (Å²) in [6.45, 7) is 1.97. The number of hydrogen-bond acceptors (Lipinski definition) is 3. The number of aldehydes is 1. The predicted octanol–water partition coefficient (Wildman–Crippen LogP) is 0.877. The molecule has 0 aromatic heterocycles. The highest BCUT2D eigenvalue weighted by Crippen LogP contribution is 2.42. The first kappa shape index (κ1) is 8.17. The molecule has 0 aliphatic heterocycles. The predicted molar refractivity (Wildman–Crippen MR) is 38.7 cm³/mol. The number of carbonyl (C=O) groups excluding carboxylic acids is 1. The second-order valence-corrected chi connectivity index (χ2v) is 2.94. The normalized spacial score (nSPS) is 34.8. The SMILES string of the molecule is CCC[C@@H]1[C@H](C=O)[C@H]1[N+](=O)[O-]. The van der Waals surface area contributed by atoms with E-state index >= 15 is 0 Å². The quantitative estimate of drug-likeness (QED) is 0.345. The van der Waals surface area contributed by atoms with E-state index in [9.17, 15) is 14.9 Å². The van der Waals surface area contributed by atoms with Gasteiger partial charge in [0.25, 0.3) is 0 Å². The molecule has 1 aliphatic carbocycles. The summed E-state index contributed by atoms with van der Waals surface area (Å²) >= 11 is 0. The summed E-state index contributed by atoms with van der Waals surface area (Å²) < 4.78 is 0. The third-order valence-electron chi connectivity index (χ3n) is 2.21. The van der Waals surface area contributed by atoms with Crippen LogP contribution in [0.3, 0.4) is 0 Å². The molecule has 4 nitrogen and oxygen atoms in total. The zero-order valence-corrected chi connectivity index (χ0v) is 6.40. The van der Waals surface area contributed by atoms with Crippen molar-refractivity contribution in [3.63, 3.8) is 0 Å². The molecule has 0 spiro atoms. The number of nitrogens with zero attached hydrogens (tertiary/aromatic N) is 1. The van der Waals surface area contributed by atoms with Crippen molar-refractivity contribution >= 4 is 6.29 Å². The van der Waals surface area contributed by atoms with E-state index in [0.29, 0.717) is 6.29 Å². The van der Waals surface area contributed by atoms with Gasteiger partial charge in [0.15, 0.2) is 0 Å². The second-order valence-electron chi connectivity index (χ2n) is 2.94. The summed E-state index contributed by atoms with van der Waals surface area (Å²) in [6.07, 6.45) is 2.43. The van der Waals surface area contributed by atoms with Gasteiger partial charge in [-0.3, -0.25) is 10.1 Å². The Balaban J connectivity index is 2.45. The lowest BCUT2D eigenvalue weighted by molar-refractivity contribution is -0.500. The zero-order valence-electron chi connectivity index (χ0n) is 6.40. The van der Waals surface area contributed by atoms with Crippen LogP contribution in [-0.4, -0.2) is 17.3 Å². The Morgan fingerprint density at radius 3 is 2.55 bits per heavy atom. The summed E-state index contributed by atoms with van der Waals surface area (Å²) in [5.41, 5.74) is 0. The van der Waals surface area contributed by atoms with Crippen LogP contribution in [0.4, 0.5) is 0 Å². The Morgan fingerprint density at radius 2 is 2.27 bits per heavy atom. The Kier molecular flexibility index (Phi) is 2.22. The molecule has 0 heterocycles. The summed E-state index contributed by atoms with van der Waals surface area (Å²) in [5.74, 6) is -0.280. The summed E-state index contributed by atoms with van der Waals surface area (Å²) in [4.78, 5) is 20.2. The van der Waals surface area contributed by atoms with Crippen molar-refractivity contribution in [2.45, 2.75) is 25.8 Å². The maximum absolute atomic E-state index is 10.3. The molecule has 1 fully saturated rings. The van der Waals surface area contributed by atoms with Gasteiger partial charge < -0.3 is 4.79 Å². The van der Waals surface area contributed by atoms with E-state index < -0.39 is 6.04 Å². The first-order chi connectivity index (χ1) is 5.22. The fraction of sp³-hybridized carbons (Fsp3) is 0.857. The van der Waals surface area contributed by atoms with Gasteiger partial charge in [0, 0.05) is 10.8 Å². The van der Waals surface area contributed by atoms with Crippen molar-refractivity contribution in [3.05, 3.63) is 10.1 Å². The molecule has 62 valence electrons. The number of hydrogen-bond donors (Lipinski definition) is 0. The third-order valence-corrected chi connectivity index (χ3v) is 2.21. The Morgan fingerprint density at radius 1 is 1.64 bits per heavy atom. The fourth-order valence-corrected chi connectivity index (χ4v) is 1.56. The number of nitro groups is 1. The molecule has 0 saturated heterocycles. The molecule has 4 heteroatoms. The van der Waals surface area contributed by atoms with Gasteiger partial charge in [-0.1, -0.05) is 13.3 Å². The van der Waals surface area contributed by atoms with Crippen LogP contribution in [0, 0.1) is 22.0 Å². The lowest BCUT2D eigenvalue weighted by atomic mass is 10.2. The van der Waals surface area contributed by atoms with Gasteiger partial charge in [0.1, 0.15) is 6.29 Å². The Labute approximate surface area is 64.7 Å². The minimum absolute atomic E-state index is 0.0208. The molecule has 0 N–H and O–H groups in total. The van der Waals surface area contributed by atoms with Crippen molar-refractivity contribution < 1.29 is 9.72 Å². The van der Waals surface area contributed by atoms with Gasteiger partial charge in [-0.2, -0.15) is 0 Å². The number of rotatable bonds is 4. The van der Waals surface area contributed by atoms with Gasteiger partial charge in [0.2, 0.25) is 6.04 Å². The first-order valence-electron chi connectivity index (χ1n) is 3.81. The van der Waals surface area contributed by atoms with E-state index in [1.807, 2.05) is 6.92 Å². The molecule has 3 atom stereocenters. The van der Waals surface area contributed by atoms with Crippen molar-refractivity contribution in [1.29, 1.82) is 0 Å². The van der Waals surface area contributed by atoms with Crippen molar-refractivity contribution in [2.75, 3.05) is 0 Å².